The second-order valence-corrected chi connectivity index (χ2v) is 7.04. The van der Waals surface area contributed by atoms with E-state index in [1.165, 1.54) is 12.1 Å². The second kappa shape index (κ2) is 5.92. The van der Waals surface area contributed by atoms with E-state index in [9.17, 15) is 13.2 Å². The molecule has 0 heterocycles. The number of rotatable bonds is 4. The number of carbonyl (C=O) groups is 1. The summed E-state index contributed by atoms with van der Waals surface area (Å²) in [6, 6.07) is 2.70. The van der Waals surface area contributed by atoms with Gasteiger partial charge < -0.3 is 4.74 Å². The Bertz CT molecular complexity index is 593. The number of ether oxygens (including phenoxy) is 1. The number of benzene rings is 1. The Morgan fingerprint density at radius 3 is 2.42 bits per heavy atom. The van der Waals surface area contributed by atoms with E-state index >= 15 is 0 Å². The number of halogens is 1. The molecule has 1 unspecified atom stereocenters. The standard InChI is InChI=1S/C13H17ClO4S/c1-5-9(3)18-13(15)12-7-11(19(14,16)17)6-8(2)10(12)4/h6-7,9H,5H2,1-4H3. The van der Waals surface area contributed by atoms with Crippen molar-refractivity contribution in [3.8, 4) is 0 Å². The fraction of sp³-hybridized carbons (Fsp3) is 0.462. The van der Waals surface area contributed by atoms with Crippen molar-refractivity contribution in [2.24, 2.45) is 0 Å². The van der Waals surface area contributed by atoms with Crippen molar-refractivity contribution in [1.29, 1.82) is 0 Å². The molecule has 0 aliphatic carbocycles. The van der Waals surface area contributed by atoms with Crippen LogP contribution in [0.3, 0.4) is 0 Å². The molecule has 0 bridgehead atoms. The van der Waals surface area contributed by atoms with E-state index in [0.29, 0.717) is 17.5 Å². The highest BCUT2D eigenvalue weighted by molar-refractivity contribution is 8.13. The fourth-order valence-corrected chi connectivity index (χ4v) is 2.35. The molecule has 0 aliphatic heterocycles. The fourth-order valence-electron chi connectivity index (χ4n) is 1.51. The van der Waals surface area contributed by atoms with Crippen LogP contribution in [0.4, 0.5) is 0 Å². The molecular weight excluding hydrogens is 288 g/mol. The Kier molecular flexibility index (Phi) is 4.98. The summed E-state index contributed by atoms with van der Waals surface area (Å²) in [6.07, 6.45) is 0.473. The summed E-state index contributed by atoms with van der Waals surface area (Å²) in [7, 11) is 1.44. The Hall–Kier alpha value is -1.07. The second-order valence-electron chi connectivity index (χ2n) is 4.47. The molecule has 106 valence electrons. The molecule has 0 amide bonds. The highest BCUT2D eigenvalue weighted by atomic mass is 35.7. The van der Waals surface area contributed by atoms with Crippen molar-refractivity contribution >= 4 is 25.7 Å². The molecule has 0 fully saturated rings. The third kappa shape index (κ3) is 3.94. The molecule has 1 aromatic rings. The highest BCUT2D eigenvalue weighted by Gasteiger charge is 2.19. The zero-order valence-electron chi connectivity index (χ0n) is 11.4. The predicted molar refractivity (Wildman–Crippen MR) is 74.1 cm³/mol. The SMILES string of the molecule is CCC(C)OC(=O)c1cc(S(=O)(=O)Cl)cc(C)c1C. The first-order valence-electron chi connectivity index (χ1n) is 5.93. The van der Waals surface area contributed by atoms with Crippen LogP contribution in [0.5, 0.6) is 0 Å². The highest BCUT2D eigenvalue weighted by Crippen LogP contribution is 2.23. The van der Waals surface area contributed by atoms with Crippen molar-refractivity contribution < 1.29 is 17.9 Å². The maximum Gasteiger partial charge on any atom is 0.338 e. The minimum absolute atomic E-state index is 0.0895. The van der Waals surface area contributed by atoms with Gasteiger partial charge in [0.15, 0.2) is 0 Å². The van der Waals surface area contributed by atoms with E-state index in [-0.39, 0.29) is 16.6 Å². The summed E-state index contributed by atoms with van der Waals surface area (Å²) >= 11 is 0. The summed E-state index contributed by atoms with van der Waals surface area (Å²) in [5, 5.41) is 0. The largest absolute Gasteiger partial charge is 0.459 e. The van der Waals surface area contributed by atoms with E-state index in [0.717, 1.165) is 0 Å². The van der Waals surface area contributed by atoms with Crippen molar-refractivity contribution in [2.45, 2.75) is 45.1 Å². The van der Waals surface area contributed by atoms with Gasteiger partial charge in [0.05, 0.1) is 16.6 Å². The molecule has 1 atom stereocenters. The Morgan fingerprint density at radius 2 is 1.95 bits per heavy atom. The molecule has 0 aromatic heterocycles. The van der Waals surface area contributed by atoms with Gasteiger partial charge in [-0.1, -0.05) is 6.92 Å². The lowest BCUT2D eigenvalue weighted by Gasteiger charge is -2.14. The van der Waals surface area contributed by atoms with E-state index in [2.05, 4.69) is 0 Å². The summed E-state index contributed by atoms with van der Waals surface area (Å²) in [5.41, 5.74) is 1.61. The summed E-state index contributed by atoms with van der Waals surface area (Å²) in [6.45, 7) is 7.14. The Labute approximate surface area is 118 Å². The number of carbonyl (C=O) groups excluding carboxylic acids is 1. The Morgan fingerprint density at radius 1 is 1.37 bits per heavy atom. The van der Waals surface area contributed by atoms with Crippen LogP contribution in [-0.2, 0) is 13.8 Å². The molecular formula is C13H17ClO4S. The molecule has 0 spiro atoms. The lowest BCUT2D eigenvalue weighted by atomic mass is 10.0. The predicted octanol–water partition coefficient (Wildman–Crippen LogP) is 3.19. The first-order chi connectivity index (χ1) is 8.66. The van der Waals surface area contributed by atoms with Gasteiger partial charge in [-0.3, -0.25) is 0 Å². The van der Waals surface area contributed by atoms with E-state index in [1.807, 2.05) is 6.92 Å². The summed E-state index contributed by atoms with van der Waals surface area (Å²) < 4.78 is 27.9. The first-order valence-corrected chi connectivity index (χ1v) is 8.24. The van der Waals surface area contributed by atoms with Gasteiger partial charge in [-0.05, 0) is 50.5 Å². The van der Waals surface area contributed by atoms with Crippen LogP contribution in [0.25, 0.3) is 0 Å². The zero-order chi connectivity index (χ0) is 14.8. The monoisotopic (exact) mass is 304 g/mol. The van der Waals surface area contributed by atoms with Gasteiger partial charge in [0.25, 0.3) is 9.05 Å². The van der Waals surface area contributed by atoms with Gasteiger partial charge in [0.1, 0.15) is 0 Å². The molecule has 0 saturated carbocycles. The molecule has 1 rings (SSSR count). The van der Waals surface area contributed by atoms with Crippen LogP contribution in [0, 0.1) is 13.8 Å². The minimum atomic E-state index is -3.87. The van der Waals surface area contributed by atoms with E-state index < -0.39 is 15.0 Å². The normalized spacial score (nSPS) is 13.1. The van der Waals surface area contributed by atoms with Crippen LogP contribution in [0.15, 0.2) is 17.0 Å². The Balaban J connectivity index is 3.27. The van der Waals surface area contributed by atoms with Crippen molar-refractivity contribution in [1.82, 2.24) is 0 Å². The first kappa shape index (κ1) is 16.0. The van der Waals surface area contributed by atoms with E-state index in [1.54, 1.807) is 20.8 Å². The lowest BCUT2D eigenvalue weighted by Crippen LogP contribution is -2.16. The van der Waals surface area contributed by atoms with Gasteiger partial charge in [-0.25, -0.2) is 13.2 Å². The molecule has 19 heavy (non-hydrogen) atoms. The van der Waals surface area contributed by atoms with Gasteiger partial charge in [-0.15, -0.1) is 0 Å². The molecule has 1 aromatic carbocycles. The van der Waals surface area contributed by atoms with Gasteiger partial charge in [0, 0.05) is 10.7 Å². The smallest absolute Gasteiger partial charge is 0.338 e. The maximum atomic E-state index is 12.0. The van der Waals surface area contributed by atoms with Gasteiger partial charge >= 0.3 is 5.97 Å². The molecule has 0 N–H and O–H groups in total. The van der Waals surface area contributed by atoms with Crippen LogP contribution >= 0.6 is 10.7 Å². The van der Waals surface area contributed by atoms with Crippen LogP contribution in [0.2, 0.25) is 0 Å². The average molecular weight is 305 g/mol. The lowest BCUT2D eigenvalue weighted by molar-refractivity contribution is 0.0333. The number of hydrogen-bond donors (Lipinski definition) is 0. The van der Waals surface area contributed by atoms with Crippen molar-refractivity contribution in [3.05, 3.63) is 28.8 Å². The van der Waals surface area contributed by atoms with Crippen LogP contribution in [0.1, 0.15) is 41.8 Å². The van der Waals surface area contributed by atoms with Crippen molar-refractivity contribution in [3.63, 3.8) is 0 Å². The third-order valence-corrected chi connectivity index (χ3v) is 4.36. The van der Waals surface area contributed by atoms with Crippen LogP contribution in [-0.4, -0.2) is 20.5 Å². The van der Waals surface area contributed by atoms with Gasteiger partial charge in [-0.2, -0.15) is 0 Å². The third-order valence-electron chi connectivity index (χ3n) is 3.03. The molecule has 0 radical (unpaired) electrons. The molecule has 0 saturated heterocycles. The molecule has 0 aliphatic rings. The topological polar surface area (TPSA) is 60.4 Å². The average Bonchev–Trinajstić information content (AvgIpc) is 2.30. The molecule has 4 nitrogen and oxygen atoms in total. The van der Waals surface area contributed by atoms with Gasteiger partial charge in [0.2, 0.25) is 0 Å². The summed E-state index contributed by atoms with van der Waals surface area (Å²) in [4.78, 5) is 11.9. The molecule has 6 heteroatoms. The van der Waals surface area contributed by atoms with Crippen LogP contribution < -0.4 is 0 Å². The number of esters is 1. The zero-order valence-corrected chi connectivity index (χ0v) is 12.9. The minimum Gasteiger partial charge on any atom is -0.459 e. The number of hydrogen-bond acceptors (Lipinski definition) is 4. The quantitative estimate of drug-likeness (QED) is 0.633. The number of aryl methyl sites for hydroxylation is 1. The van der Waals surface area contributed by atoms with Crippen molar-refractivity contribution in [2.75, 3.05) is 0 Å². The summed E-state index contributed by atoms with van der Waals surface area (Å²) in [5.74, 6) is -0.530. The maximum absolute atomic E-state index is 12.0. The van der Waals surface area contributed by atoms with E-state index in [4.69, 9.17) is 15.4 Å².